The summed E-state index contributed by atoms with van der Waals surface area (Å²) < 4.78 is 0. The molecule has 6 nitrogen and oxygen atoms in total. The molecular weight excluding hydrogens is 258 g/mol. The van der Waals surface area contributed by atoms with Gasteiger partial charge in [-0.2, -0.15) is 0 Å². The van der Waals surface area contributed by atoms with Crippen molar-refractivity contribution >= 4 is 23.3 Å². The van der Waals surface area contributed by atoms with E-state index in [1.54, 1.807) is 24.3 Å². The van der Waals surface area contributed by atoms with Gasteiger partial charge in [-0.05, 0) is 30.9 Å². The van der Waals surface area contributed by atoms with Gasteiger partial charge in [-0.3, -0.25) is 9.59 Å². The van der Waals surface area contributed by atoms with E-state index in [0.717, 1.165) is 12.8 Å². The first kappa shape index (κ1) is 14.2. The van der Waals surface area contributed by atoms with Gasteiger partial charge in [0.1, 0.15) is 6.54 Å². The largest absolute Gasteiger partial charge is 0.480 e. The second-order valence-electron chi connectivity index (χ2n) is 5.06. The number of benzene rings is 1. The molecule has 0 spiro atoms. The van der Waals surface area contributed by atoms with E-state index in [0.29, 0.717) is 23.8 Å². The molecule has 1 fully saturated rings. The number of carbonyl (C=O) groups excluding carboxylic acids is 1. The van der Waals surface area contributed by atoms with Crippen LogP contribution in [-0.2, 0) is 9.59 Å². The van der Waals surface area contributed by atoms with Crippen molar-refractivity contribution in [2.75, 3.05) is 30.3 Å². The summed E-state index contributed by atoms with van der Waals surface area (Å²) in [4.78, 5) is 24.3. The van der Waals surface area contributed by atoms with E-state index >= 15 is 0 Å². The van der Waals surface area contributed by atoms with E-state index in [9.17, 15) is 9.59 Å². The van der Waals surface area contributed by atoms with Crippen LogP contribution in [0.15, 0.2) is 24.3 Å². The maximum absolute atomic E-state index is 11.9. The van der Waals surface area contributed by atoms with Gasteiger partial charge in [0.25, 0.3) is 0 Å². The van der Waals surface area contributed by atoms with Crippen LogP contribution in [0.4, 0.5) is 11.4 Å². The number of rotatable bonds is 7. The molecular formula is C14H19N3O3. The van der Waals surface area contributed by atoms with Gasteiger partial charge in [0.05, 0.1) is 17.9 Å². The topological polar surface area (TPSA) is 95.7 Å². The number of hydrogen-bond donors (Lipinski definition) is 3. The summed E-state index contributed by atoms with van der Waals surface area (Å²) >= 11 is 0. The van der Waals surface area contributed by atoms with Crippen molar-refractivity contribution in [2.24, 2.45) is 5.92 Å². The van der Waals surface area contributed by atoms with Crippen molar-refractivity contribution in [3.63, 3.8) is 0 Å². The van der Waals surface area contributed by atoms with Gasteiger partial charge < -0.3 is 21.1 Å². The molecule has 1 aromatic carbocycles. The van der Waals surface area contributed by atoms with Crippen molar-refractivity contribution in [1.29, 1.82) is 0 Å². The lowest BCUT2D eigenvalue weighted by molar-refractivity contribution is -0.135. The first-order valence-electron chi connectivity index (χ1n) is 6.64. The van der Waals surface area contributed by atoms with Gasteiger partial charge in [-0.1, -0.05) is 12.1 Å². The van der Waals surface area contributed by atoms with Crippen LogP contribution in [0.25, 0.3) is 0 Å². The van der Waals surface area contributed by atoms with Crippen molar-refractivity contribution in [3.8, 4) is 0 Å². The Morgan fingerprint density at radius 1 is 1.30 bits per heavy atom. The zero-order valence-corrected chi connectivity index (χ0v) is 11.2. The number of nitrogens with two attached hydrogens (primary N) is 1. The van der Waals surface area contributed by atoms with E-state index < -0.39 is 5.97 Å². The molecule has 1 aliphatic rings. The Kier molecular flexibility index (Phi) is 4.45. The molecule has 0 aliphatic heterocycles. The minimum absolute atomic E-state index is 0.00671. The Hall–Kier alpha value is -2.24. The quantitative estimate of drug-likeness (QED) is 0.637. The fourth-order valence-electron chi connectivity index (χ4n) is 1.97. The Bertz CT molecular complexity index is 500. The molecule has 0 saturated heterocycles. The second kappa shape index (κ2) is 6.27. The SMILES string of the molecule is Nc1ccccc1N(CC(=O)O)CC(=O)NCC1CC1. The fourth-order valence-corrected chi connectivity index (χ4v) is 1.97. The maximum atomic E-state index is 11.9. The summed E-state index contributed by atoms with van der Waals surface area (Å²) in [5, 5.41) is 11.8. The molecule has 6 heteroatoms. The van der Waals surface area contributed by atoms with E-state index in [-0.39, 0.29) is 19.0 Å². The zero-order valence-electron chi connectivity index (χ0n) is 11.2. The molecule has 0 unspecified atom stereocenters. The second-order valence-corrected chi connectivity index (χ2v) is 5.06. The standard InChI is InChI=1S/C14H19N3O3/c15-11-3-1-2-4-12(11)17(9-14(19)20)8-13(18)16-7-10-5-6-10/h1-4,10H,5-9,15H2,(H,16,18)(H,19,20). The Morgan fingerprint density at radius 3 is 2.60 bits per heavy atom. The molecule has 4 N–H and O–H groups in total. The van der Waals surface area contributed by atoms with Crippen LogP contribution in [-0.4, -0.2) is 36.6 Å². The van der Waals surface area contributed by atoms with Crippen LogP contribution in [0, 0.1) is 5.92 Å². The number of para-hydroxylation sites is 2. The van der Waals surface area contributed by atoms with Crippen molar-refractivity contribution in [2.45, 2.75) is 12.8 Å². The molecule has 108 valence electrons. The van der Waals surface area contributed by atoms with Gasteiger partial charge in [0.2, 0.25) is 5.91 Å². The number of nitrogen functional groups attached to an aromatic ring is 1. The summed E-state index contributed by atoms with van der Waals surface area (Å²) in [6, 6.07) is 6.94. The molecule has 2 rings (SSSR count). The van der Waals surface area contributed by atoms with Gasteiger partial charge in [0, 0.05) is 6.54 Å². The number of carbonyl (C=O) groups is 2. The third kappa shape index (κ3) is 4.15. The predicted molar refractivity (Wildman–Crippen MR) is 76.4 cm³/mol. The highest BCUT2D eigenvalue weighted by molar-refractivity contribution is 5.86. The molecule has 0 radical (unpaired) electrons. The molecule has 0 atom stereocenters. The summed E-state index contributed by atoms with van der Waals surface area (Å²) in [5.41, 5.74) is 6.87. The summed E-state index contributed by atoms with van der Waals surface area (Å²) in [5.74, 6) is -0.585. The summed E-state index contributed by atoms with van der Waals surface area (Å²) in [6.45, 7) is 0.405. The van der Waals surface area contributed by atoms with Gasteiger partial charge >= 0.3 is 5.97 Å². The highest BCUT2D eigenvalue weighted by Gasteiger charge is 2.22. The first-order chi connectivity index (χ1) is 9.56. The molecule has 0 bridgehead atoms. The minimum Gasteiger partial charge on any atom is -0.480 e. The Balaban J connectivity index is 2.00. The molecule has 0 aromatic heterocycles. The average Bonchev–Trinajstić information content (AvgIpc) is 3.19. The van der Waals surface area contributed by atoms with E-state index in [4.69, 9.17) is 10.8 Å². The lowest BCUT2D eigenvalue weighted by atomic mass is 10.2. The van der Waals surface area contributed by atoms with E-state index in [1.807, 2.05) is 0 Å². The monoisotopic (exact) mass is 277 g/mol. The normalized spacial score (nSPS) is 13.8. The number of amides is 1. The van der Waals surface area contributed by atoms with Crippen molar-refractivity contribution < 1.29 is 14.7 Å². The molecule has 1 amide bonds. The first-order valence-corrected chi connectivity index (χ1v) is 6.64. The van der Waals surface area contributed by atoms with Crippen LogP contribution in [0.3, 0.4) is 0 Å². The van der Waals surface area contributed by atoms with E-state index in [1.165, 1.54) is 4.90 Å². The summed E-state index contributed by atoms with van der Waals surface area (Å²) in [6.07, 6.45) is 2.31. The highest BCUT2D eigenvalue weighted by Crippen LogP contribution is 2.27. The lowest BCUT2D eigenvalue weighted by Crippen LogP contribution is -2.40. The number of carboxylic acid groups (broad SMARTS) is 1. The van der Waals surface area contributed by atoms with Gasteiger partial charge in [-0.25, -0.2) is 0 Å². The molecule has 1 aliphatic carbocycles. The third-order valence-electron chi connectivity index (χ3n) is 3.22. The highest BCUT2D eigenvalue weighted by atomic mass is 16.4. The number of anilines is 2. The molecule has 0 heterocycles. The van der Waals surface area contributed by atoms with Crippen molar-refractivity contribution in [1.82, 2.24) is 5.32 Å². The number of aliphatic carboxylic acids is 1. The fraction of sp³-hybridized carbons (Fsp3) is 0.429. The lowest BCUT2D eigenvalue weighted by Gasteiger charge is -2.23. The van der Waals surface area contributed by atoms with Crippen molar-refractivity contribution in [3.05, 3.63) is 24.3 Å². The zero-order chi connectivity index (χ0) is 14.5. The third-order valence-corrected chi connectivity index (χ3v) is 3.22. The van der Waals surface area contributed by atoms with Crippen LogP contribution in [0.2, 0.25) is 0 Å². The van der Waals surface area contributed by atoms with Crippen LogP contribution >= 0.6 is 0 Å². The minimum atomic E-state index is -0.997. The molecule has 20 heavy (non-hydrogen) atoms. The van der Waals surface area contributed by atoms with E-state index in [2.05, 4.69) is 5.32 Å². The van der Waals surface area contributed by atoms with Gasteiger partial charge in [-0.15, -0.1) is 0 Å². The Labute approximate surface area is 117 Å². The van der Waals surface area contributed by atoms with Crippen LogP contribution in [0.5, 0.6) is 0 Å². The Morgan fingerprint density at radius 2 is 2.00 bits per heavy atom. The number of nitrogens with one attached hydrogen (secondary N) is 1. The van der Waals surface area contributed by atoms with Crippen LogP contribution in [0.1, 0.15) is 12.8 Å². The number of hydrogen-bond acceptors (Lipinski definition) is 4. The maximum Gasteiger partial charge on any atom is 0.323 e. The predicted octanol–water partition coefficient (Wildman–Crippen LogP) is 0.686. The van der Waals surface area contributed by atoms with Crippen LogP contribution < -0.4 is 16.0 Å². The smallest absolute Gasteiger partial charge is 0.323 e. The van der Waals surface area contributed by atoms with Gasteiger partial charge in [0.15, 0.2) is 0 Å². The summed E-state index contributed by atoms with van der Waals surface area (Å²) in [7, 11) is 0. The average molecular weight is 277 g/mol. The molecule has 1 saturated carbocycles. The number of nitrogens with zero attached hydrogens (tertiary/aromatic N) is 1. The molecule has 1 aromatic rings. The number of carboxylic acids is 1.